The van der Waals surface area contributed by atoms with Gasteiger partial charge in [0.15, 0.2) is 5.82 Å². The number of fused-ring (bicyclic) bond motifs is 6. The van der Waals surface area contributed by atoms with Crippen LogP contribution in [-0.2, 0) is 0 Å². The predicted molar refractivity (Wildman–Crippen MR) is 211 cm³/mol. The Bertz CT molecular complexity index is 2790. The second-order valence-corrected chi connectivity index (χ2v) is 13.7. The Kier molecular flexibility index (Phi) is 6.68. The zero-order valence-corrected chi connectivity index (χ0v) is 27.8. The van der Waals surface area contributed by atoms with E-state index in [9.17, 15) is 0 Å². The van der Waals surface area contributed by atoms with Crippen LogP contribution in [0.2, 0.25) is 0 Å². The lowest BCUT2D eigenvalue weighted by Crippen LogP contribution is -1.97. The maximum absolute atomic E-state index is 5.10. The molecule has 0 aliphatic rings. The van der Waals surface area contributed by atoms with Crippen molar-refractivity contribution >= 4 is 53.3 Å². The predicted octanol–water partition coefficient (Wildman–Crippen LogP) is 12.6. The van der Waals surface area contributed by atoms with Crippen molar-refractivity contribution < 1.29 is 0 Å². The van der Waals surface area contributed by atoms with Gasteiger partial charge in [-0.15, -0.1) is 11.3 Å². The Hall–Kier alpha value is -6.36. The van der Waals surface area contributed by atoms with Crippen LogP contribution < -0.4 is 0 Å². The lowest BCUT2D eigenvalue weighted by atomic mass is 9.97. The van der Waals surface area contributed by atoms with Gasteiger partial charge >= 0.3 is 0 Å². The van der Waals surface area contributed by atoms with Crippen molar-refractivity contribution in [2.45, 2.75) is 0 Å². The lowest BCUT2D eigenvalue weighted by molar-refractivity contribution is 1.17. The zero-order chi connectivity index (χ0) is 33.0. The Labute approximate surface area is 293 Å². The fraction of sp³-hybridized carbons (Fsp3) is 0. The molecule has 3 heterocycles. The summed E-state index contributed by atoms with van der Waals surface area (Å²) in [5, 5.41) is 5.14. The third-order valence-corrected chi connectivity index (χ3v) is 10.8. The zero-order valence-electron chi connectivity index (χ0n) is 27.0. The van der Waals surface area contributed by atoms with Crippen LogP contribution in [-0.4, -0.2) is 14.5 Å². The van der Waals surface area contributed by atoms with E-state index in [1.807, 2.05) is 29.5 Å². The van der Waals surface area contributed by atoms with Crippen LogP contribution in [0.3, 0.4) is 0 Å². The number of rotatable bonds is 5. The Balaban J connectivity index is 1.06. The molecule has 0 spiro atoms. The van der Waals surface area contributed by atoms with E-state index >= 15 is 0 Å². The molecular formula is C46H29N3S. The third kappa shape index (κ3) is 4.73. The summed E-state index contributed by atoms with van der Waals surface area (Å²) >= 11 is 1.85. The molecule has 0 radical (unpaired) electrons. The van der Waals surface area contributed by atoms with E-state index in [1.54, 1.807) is 0 Å². The molecule has 50 heavy (non-hydrogen) atoms. The van der Waals surface area contributed by atoms with E-state index < -0.39 is 0 Å². The Morgan fingerprint density at radius 2 is 0.940 bits per heavy atom. The van der Waals surface area contributed by atoms with Gasteiger partial charge in [0.2, 0.25) is 0 Å². The molecule has 7 aromatic carbocycles. The SMILES string of the molecule is c1ccc(-c2nc(-c3ccc(-c4cccc5sc6ccccc6c45)cc3)cc(-c3ccc(-n4c5ccccc5c5ccccc54)cc3)n2)cc1. The van der Waals surface area contributed by atoms with Crippen molar-refractivity contribution in [1.29, 1.82) is 0 Å². The summed E-state index contributed by atoms with van der Waals surface area (Å²) < 4.78 is 4.97. The number of hydrogen-bond donors (Lipinski definition) is 0. The molecule has 0 aliphatic carbocycles. The van der Waals surface area contributed by atoms with Gasteiger partial charge in [-0.1, -0.05) is 133 Å². The second-order valence-electron chi connectivity index (χ2n) is 12.6. The topological polar surface area (TPSA) is 30.7 Å². The lowest BCUT2D eigenvalue weighted by Gasteiger charge is -2.12. The first kappa shape index (κ1) is 28.6. The van der Waals surface area contributed by atoms with Crippen LogP contribution in [0.25, 0.3) is 92.7 Å². The number of hydrogen-bond acceptors (Lipinski definition) is 3. The molecule has 4 heteroatoms. The molecule has 0 aliphatic heterocycles. The van der Waals surface area contributed by atoms with Gasteiger partial charge in [0, 0.05) is 53.3 Å². The summed E-state index contributed by atoms with van der Waals surface area (Å²) in [5.74, 6) is 0.711. The molecule has 10 rings (SSSR count). The maximum atomic E-state index is 5.10. The number of nitrogens with zero attached hydrogens (tertiary/aromatic N) is 3. The van der Waals surface area contributed by atoms with Crippen LogP contribution in [0, 0.1) is 0 Å². The van der Waals surface area contributed by atoms with Gasteiger partial charge in [-0.25, -0.2) is 9.97 Å². The molecule has 0 saturated carbocycles. The average molecular weight is 656 g/mol. The van der Waals surface area contributed by atoms with E-state index in [2.05, 4.69) is 162 Å². The van der Waals surface area contributed by atoms with Crippen LogP contribution in [0.4, 0.5) is 0 Å². The molecule has 0 atom stereocenters. The number of thiophene rings is 1. The summed E-state index contributed by atoms with van der Waals surface area (Å²) in [6, 6.07) is 62.5. The summed E-state index contributed by atoms with van der Waals surface area (Å²) in [6.45, 7) is 0. The van der Waals surface area contributed by atoms with Crippen LogP contribution in [0.15, 0.2) is 176 Å². The molecule has 0 N–H and O–H groups in total. The van der Waals surface area contributed by atoms with Crippen molar-refractivity contribution in [2.24, 2.45) is 0 Å². The first-order valence-electron chi connectivity index (χ1n) is 16.8. The molecule has 3 nitrogen and oxygen atoms in total. The molecule has 10 aromatic rings. The molecule has 0 bridgehead atoms. The highest BCUT2D eigenvalue weighted by atomic mass is 32.1. The molecular weight excluding hydrogens is 627 g/mol. The van der Waals surface area contributed by atoms with Gasteiger partial charge in [0.05, 0.1) is 22.4 Å². The van der Waals surface area contributed by atoms with Crippen molar-refractivity contribution in [3.8, 4) is 50.7 Å². The smallest absolute Gasteiger partial charge is 0.160 e. The van der Waals surface area contributed by atoms with E-state index in [1.165, 1.54) is 53.1 Å². The van der Waals surface area contributed by atoms with Gasteiger partial charge in [-0.2, -0.15) is 0 Å². The first-order valence-corrected chi connectivity index (χ1v) is 17.6. The largest absolute Gasteiger partial charge is 0.309 e. The van der Waals surface area contributed by atoms with Crippen molar-refractivity contribution in [3.05, 3.63) is 176 Å². The molecule has 0 saturated heterocycles. The summed E-state index contributed by atoms with van der Waals surface area (Å²) in [6.07, 6.45) is 0. The van der Waals surface area contributed by atoms with Crippen LogP contribution >= 0.6 is 11.3 Å². The van der Waals surface area contributed by atoms with Crippen LogP contribution in [0.5, 0.6) is 0 Å². The summed E-state index contributed by atoms with van der Waals surface area (Å²) in [4.78, 5) is 10.2. The molecule has 0 fully saturated rings. The maximum Gasteiger partial charge on any atom is 0.160 e. The van der Waals surface area contributed by atoms with Gasteiger partial charge in [-0.05, 0) is 53.6 Å². The minimum Gasteiger partial charge on any atom is -0.309 e. The summed E-state index contributed by atoms with van der Waals surface area (Å²) in [5.41, 5.74) is 10.8. The van der Waals surface area contributed by atoms with Gasteiger partial charge in [0.1, 0.15) is 0 Å². The van der Waals surface area contributed by atoms with E-state index in [0.717, 1.165) is 33.8 Å². The Morgan fingerprint density at radius 1 is 0.400 bits per heavy atom. The van der Waals surface area contributed by atoms with Crippen molar-refractivity contribution in [1.82, 2.24) is 14.5 Å². The van der Waals surface area contributed by atoms with Gasteiger partial charge in [-0.3, -0.25) is 0 Å². The van der Waals surface area contributed by atoms with Crippen LogP contribution in [0.1, 0.15) is 0 Å². The number of aromatic nitrogens is 3. The van der Waals surface area contributed by atoms with Gasteiger partial charge in [0.25, 0.3) is 0 Å². The molecule has 0 amide bonds. The molecule has 3 aromatic heterocycles. The monoisotopic (exact) mass is 655 g/mol. The van der Waals surface area contributed by atoms with Crippen molar-refractivity contribution in [2.75, 3.05) is 0 Å². The molecule has 234 valence electrons. The number of para-hydroxylation sites is 2. The minimum absolute atomic E-state index is 0.711. The summed E-state index contributed by atoms with van der Waals surface area (Å²) in [7, 11) is 0. The highest BCUT2D eigenvalue weighted by Gasteiger charge is 2.15. The number of benzene rings is 7. The fourth-order valence-corrected chi connectivity index (χ4v) is 8.41. The van der Waals surface area contributed by atoms with Crippen molar-refractivity contribution in [3.63, 3.8) is 0 Å². The minimum atomic E-state index is 0.711. The van der Waals surface area contributed by atoms with E-state index in [4.69, 9.17) is 9.97 Å². The normalized spacial score (nSPS) is 11.6. The molecule has 0 unspecified atom stereocenters. The third-order valence-electron chi connectivity index (χ3n) is 9.65. The highest BCUT2D eigenvalue weighted by Crippen LogP contribution is 2.40. The standard InChI is InChI=1S/C46H29N3S/c1-2-11-33(12-3-1)46-47-39(31-23-21-30(22-24-31)35-16-10-20-44-45(35)38-15-6-9-19-43(38)50-44)29-40(48-46)32-25-27-34(28-26-32)49-41-17-7-4-13-36(41)37-14-5-8-18-42(37)49/h1-29H. The second kappa shape index (κ2) is 11.7. The van der Waals surface area contributed by atoms with E-state index in [0.29, 0.717) is 5.82 Å². The Morgan fingerprint density at radius 3 is 1.62 bits per heavy atom. The fourth-order valence-electron chi connectivity index (χ4n) is 7.28. The quantitative estimate of drug-likeness (QED) is 0.185. The first-order chi connectivity index (χ1) is 24.8. The highest BCUT2D eigenvalue weighted by molar-refractivity contribution is 7.25. The van der Waals surface area contributed by atoms with E-state index in [-0.39, 0.29) is 0 Å². The van der Waals surface area contributed by atoms with Gasteiger partial charge < -0.3 is 4.57 Å². The average Bonchev–Trinajstić information content (AvgIpc) is 3.74.